The predicted octanol–water partition coefficient (Wildman–Crippen LogP) is 2.26. The van der Waals surface area contributed by atoms with Gasteiger partial charge in [0.15, 0.2) is 0 Å². The number of ether oxygens (including phenoxy) is 1. The molecule has 5 heteroatoms. The molecule has 0 spiro atoms. The van der Waals surface area contributed by atoms with Crippen molar-refractivity contribution in [2.24, 2.45) is 5.92 Å². The van der Waals surface area contributed by atoms with Gasteiger partial charge in [-0.2, -0.15) is 0 Å². The summed E-state index contributed by atoms with van der Waals surface area (Å²) in [4.78, 5) is 27.1. The second-order valence-corrected chi connectivity index (χ2v) is 5.88. The molecule has 2 amide bonds. The first-order valence-corrected chi connectivity index (χ1v) is 7.81. The van der Waals surface area contributed by atoms with Gasteiger partial charge in [-0.15, -0.1) is 0 Å². The predicted molar refractivity (Wildman–Crippen MR) is 76.4 cm³/mol. The second kappa shape index (κ2) is 7.50. The molecule has 20 heavy (non-hydrogen) atoms. The van der Waals surface area contributed by atoms with Gasteiger partial charge in [0.1, 0.15) is 0 Å². The molecule has 2 aliphatic rings. The van der Waals surface area contributed by atoms with Gasteiger partial charge in [-0.25, -0.2) is 4.79 Å². The average Bonchev–Trinajstić information content (AvgIpc) is 2.53. The normalized spacial score (nSPS) is 20.9. The van der Waals surface area contributed by atoms with Crippen molar-refractivity contribution in [3.05, 3.63) is 0 Å². The van der Waals surface area contributed by atoms with Crippen LogP contribution in [0.4, 0.5) is 4.79 Å². The van der Waals surface area contributed by atoms with Crippen molar-refractivity contribution in [3.8, 4) is 0 Å². The Balaban J connectivity index is 1.67. The highest BCUT2D eigenvalue weighted by Gasteiger charge is 2.25. The van der Waals surface area contributed by atoms with E-state index in [1.165, 1.54) is 39.2 Å². The molecule has 2 fully saturated rings. The van der Waals surface area contributed by atoms with Crippen LogP contribution in [0.1, 0.15) is 44.9 Å². The molecule has 0 unspecified atom stereocenters. The van der Waals surface area contributed by atoms with E-state index < -0.39 is 0 Å². The summed E-state index contributed by atoms with van der Waals surface area (Å²) in [7, 11) is 1.39. The summed E-state index contributed by atoms with van der Waals surface area (Å²) < 4.78 is 4.70. The van der Waals surface area contributed by atoms with Gasteiger partial charge in [0, 0.05) is 32.6 Å². The summed E-state index contributed by atoms with van der Waals surface area (Å²) in [6, 6.07) is 0. The number of methoxy groups -OCH3 is 1. The summed E-state index contributed by atoms with van der Waals surface area (Å²) in [5, 5.41) is 0. The number of carbonyl (C=O) groups is 2. The van der Waals surface area contributed by atoms with Crippen LogP contribution in [0.2, 0.25) is 0 Å². The van der Waals surface area contributed by atoms with E-state index >= 15 is 0 Å². The lowest BCUT2D eigenvalue weighted by Crippen LogP contribution is -2.50. The fourth-order valence-corrected chi connectivity index (χ4v) is 3.23. The van der Waals surface area contributed by atoms with Gasteiger partial charge < -0.3 is 14.5 Å². The molecular weight excluding hydrogens is 256 g/mol. The minimum Gasteiger partial charge on any atom is -0.453 e. The van der Waals surface area contributed by atoms with E-state index in [1.54, 1.807) is 4.90 Å². The van der Waals surface area contributed by atoms with Crippen LogP contribution in [0.15, 0.2) is 0 Å². The quantitative estimate of drug-likeness (QED) is 0.798. The zero-order chi connectivity index (χ0) is 14.4. The molecule has 5 nitrogen and oxygen atoms in total. The number of hydrogen-bond acceptors (Lipinski definition) is 3. The van der Waals surface area contributed by atoms with Gasteiger partial charge in [0.05, 0.1) is 7.11 Å². The summed E-state index contributed by atoms with van der Waals surface area (Å²) in [6.45, 7) is 2.45. The van der Waals surface area contributed by atoms with Crippen molar-refractivity contribution in [3.63, 3.8) is 0 Å². The maximum absolute atomic E-state index is 12.2. The number of hydrogen-bond donors (Lipinski definition) is 0. The van der Waals surface area contributed by atoms with Crippen molar-refractivity contribution in [2.75, 3.05) is 33.3 Å². The molecular formula is C15H26N2O3. The molecule has 0 aromatic heterocycles. The van der Waals surface area contributed by atoms with Crippen LogP contribution in [-0.2, 0) is 9.53 Å². The van der Waals surface area contributed by atoms with Crippen LogP contribution < -0.4 is 0 Å². The number of rotatable bonds is 3. The molecule has 1 saturated heterocycles. The third-order valence-electron chi connectivity index (χ3n) is 4.56. The van der Waals surface area contributed by atoms with Gasteiger partial charge >= 0.3 is 6.09 Å². The largest absolute Gasteiger partial charge is 0.453 e. The highest BCUT2D eigenvalue weighted by molar-refractivity contribution is 5.76. The van der Waals surface area contributed by atoms with Crippen molar-refractivity contribution >= 4 is 12.0 Å². The fourth-order valence-electron chi connectivity index (χ4n) is 3.23. The van der Waals surface area contributed by atoms with E-state index in [2.05, 4.69) is 0 Å². The fraction of sp³-hybridized carbons (Fsp3) is 0.867. The van der Waals surface area contributed by atoms with E-state index in [0.29, 0.717) is 32.6 Å². The third kappa shape index (κ3) is 4.12. The Bertz CT molecular complexity index is 332. The molecule has 1 heterocycles. The Morgan fingerprint density at radius 2 is 1.60 bits per heavy atom. The first-order valence-electron chi connectivity index (χ1n) is 7.81. The zero-order valence-corrected chi connectivity index (χ0v) is 12.5. The SMILES string of the molecule is COC(=O)N1CCN(C(=O)CCC2CCCCC2)CC1. The first kappa shape index (κ1) is 15.1. The van der Waals surface area contributed by atoms with Gasteiger partial charge in [-0.3, -0.25) is 4.79 Å². The van der Waals surface area contributed by atoms with Gasteiger partial charge in [0.2, 0.25) is 5.91 Å². The number of amides is 2. The number of nitrogens with zero attached hydrogens (tertiary/aromatic N) is 2. The van der Waals surface area contributed by atoms with Gasteiger partial charge in [-0.1, -0.05) is 32.1 Å². The lowest BCUT2D eigenvalue weighted by atomic mass is 9.86. The summed E-state index contributed by atoms with van der Waals surface area (Å²) in [6.07, 6.45) is 8.03. The maximum Gasteiger partial charge on any atom is 0.409 e. The summed E-state index contributed by atoms with van der Waals surface area (Å²) in [5.74, 6) is 1.00. The van der Waals surface area contributed by atoms with Crippen LogP contribution in [0, 0.1) is 5.92 Å². The van der Waals surface area contributed by atoms with Gasteiger partial charge in [-0.05, 0) is 12.3 Å². The van der Waals surface area contributed by atoms with Crippen LogP contribution in [0.5, 0.6) is 0 Å². The highest BCUT2D eigenvalue weighted by Crippen LogP contribution is 2.27. The lowest BCUT2D eigenvalue weighted by Gasteiger charge is -2.34. The van der Waals surface area contributed by atoms with Crippen molar-refractivity contribution in [2.45, 2.75) is 44.9 Å². The Labute approximate surface area is 121 Å². The monoisotopic (exact) mass is 282 g/mol. The van der Waals surface area contributed by atoms with E-state index in [4.69, 9.17) is 4.74 Å². The van der Waals surface area contributed by atoms with Crippen molar-refractivity contribution < 1.29 is 14.3 Å². The Kier molecular flexibility index (Phi) is 5.68. The van der Waals surface area contributed by atoms with Crippen LogP contribution in [0.25, 0.3) is 0 Å². The summed E-state index contributed by atoms with van der Waals surface area (Å²) in [5.41, 5.74) is 0. The van der Waals surface area contributed by atoms with Crippen LogP contribution in [0.3, 0.4) is 0 Å². The number of carbonyl (C=O) groups excluding carboxylic acids is 2. The number of piperazine rings is 1. The molecule has 0 radical (unpaired) electrons. The Hall–Kier alpha value is -1.26. The Morgan fingerprint density at radius 1 is 1.00 bits per heavy atom. The van der Waals surface area contributed by atoms with Crippen LogP contribution >= 0.6 is 0 Å². The molecule has 0 aromatic rings. The molecule has 1 saturated carbocycles. The first-order chi connectivity index (χ1) is 9.70. The zero-order valence-electron chi connectivity index (χ0n) is 12.5. The van der Waals surface area contributed by atoms with E-state index in [1.807, 2.05) is 4.90 Å². The van der Waals surface area contributed by atoms with E-state index in [9.17, 15) is 9.59 Å². The van der Waals surface area contributed by atoms with Crippen molar-refractivity contribution in [1.29, 1.82) is 0 Å². The lowest BCUT2D eigenvalue weighted by molar-refractivity contribution is -0.133. The van der Waals surface area contributed by atoms with Crippen LogP contribution in [-0.4, -0.2) is 55.1 Å². The molecule has 0 atom stereocenters. The summed E-state index contributed by atoms with van der Waals surface area (Å²) >= 11 is 0. The molecule has 114 valence electrons. The molecule has 1 aliphatic carbocycles. The second-order valence-electron chi connectivity index (χ2n) is 5.88. The maximum atomic E-state index is 12.2. The molecule has 1 aliphatic heterocycles. The molecule has 0 N–H and O–H groups in total. The van der Waals surface area contributed by atoms with E-state index in [0.717, 1.165) is 12.3 Å². The average molecular weight is 282 g/mol. The molecule has 0 bridgehead atoms. The topological polar surface area (TPSA) is 49.9 Å². The third-order valence-corrected chi connectivity index (χ3v) is 4.56. The highest BCUT2D eigenvalue weighted by atomic mass is 16.5. The smallest absolute Gasteiger partial charge is 0.409 e. The van der Waals surface area contributed by atoms with Crippen molar-refractivity contribution in [1.82, 2.24) is 9.80 Å². The van der Waals surface area contributed by atoms with Gasteiger partial charge in [0.25, 0.3) is 0 Å². The molecule has 0 aromatic carbocycles. The van der Waals surface area contributed by atoms with E-state index in [-0.39, 0.29) is 12.0 Å². The molecule has 2 rings (SSSR count). The standard InChI is InChI=1S/C15H26N2O3/c1-20-15(19)17-11-9-16(10-12-17)14(18)8-7-13-5-3-2-4-6-13/h13H,2-12H2,1H3. The minimum atomic E-state index is -0.292. The Morgan fingerprint density at radius 3 is 2.20 bits per heavy atom. The minimum absolute atomic E-state index is 0.250.